The van der Waals surface area contributed by atoms with Gasteiger partial charge in [-0.05, 0) is 43.9 Å². The largest absolute Gasteiger partial charge is 0.378 e. The maximum absolute atomic E-state index is 13.0. The van der Waals surface area contributed by atoms with E-state index in [1.165, 1.54) is 0 Å². The zero-order chi connectivity index (χ0) is 16.9. The van der Waals surface area contributed by atoms with Crippen LogP contribution in [0.3, 0.4) is 0 Å². The molecule has 0 aliphatic carbocycles. The van der Waals surface area contributed by atoms with Crippen molar-refractivity contribution < 1.29 is 9.53 Å². The van der Waals surface area contributed by atoms with Crippen LogP contribution in [0.1, 0.15) is 43.0 Å². The molecular weight excluding hydrogens is 324 g/mol. The lowest BCUT2D eigenvalue weighted by atomic mass is 10.1. The number of hydrogen-bond donors (Lipinski definition) is 0. The normalized spacial score (nSPS) is 18.6. The van der Waals surface area contributed by atoms with Gasteiger partial charge in [0.2, 0.25) is 0 Å². The number of halogens is 1. The van der Waals surface area contributed by atoms with E-state index in [1.54, 1.807) is 12.3 Å². The Balaban J connectivity index is 1.79. The van der Waals surface area contributed by atoms with Crippen molar-refractivity contribution >= 4 is 28.4 Å². The molecule has 1 aliphatic rings. The van der Waals surface area contributed by atoms with Crippen LogP contribution in [-0.4, -0.2) is 41.6 Å². The van der Waals surface area contributed by atoms with E-state index in [0.29, 0.717) is 17.1 Å². The van der Waals surface area contributed by atoms with E-state index in [4.69, 9.17) is 16.3 Å². The summed E-state index contributed by atoms with van der Waals surface area (Å²) in [6.07, 6.45) is 5.86. The number of hydrogen-bond acceptors (Lipinski definition) is 3. The number of ether oxygens (including phenoxy) is 1. The minimum atomic E-state index is 0.0114. The van der Waals surface area contributed by atoms with E-state index in [0.717, 1.165) is 49.7 Å². The van der Waals surface area contributed by atoms with E-state index < -0.39 is 0 Å². The van der Waals surface area contributed by atoms with Gasteiger partial charge < -0.3 is 9.64 Å². The number of benzene rings is 1. The van der Waals surface area contributed by atoms with Crippen molar-refractivity contribution in [3.63, 3.8) is 0 Å². The standard InChI is InChI=1S/C19H23ClN2O2/c1-2-11-24-16-6-4-9-22(10-7-16)19(23)17-13-15(20)12-14-5-3-8-21-18(14)17/h3,5,8,12-13,16H,2,4,6-7,9-11H2,1H3. The monoisotopic (exact) mass is 346 g/mol. The summed E-state index contributed by atoms with van der Waals surface area (Å²) in [6, 6.07) is 7.36. The van der Waals surface area contributed by atoms with Crippen LogP contribution in [0.15, 0.2) is 30.5 Å². The molecular formula is C19H23ClN2O2. The number of rotatable bonds is 4. The Morgan fingerprint density at radius 1 is 1.38 bits per heavy atom. The molecule has 0 spiro atoms. The fourth-order valence-corrected chi connectivity index (χ4v) is 3.44. The number of amides is 1. The zero-order valence-electron chi connectivity index (χ0n) is 14.0. The highest BCUT2D eigenvalue weighted by Crippen LogP contribution is 2.25. The molecule has 1 atom stereocenters. The van der Waals surface area contributed by atoms with Crippen molar-refractivity contribution in [2.45, 2.75) is 38.7 Å². The van der Waals surface area contributed by atoms with E-state index in [2.05, 4.69) is 11.9 Å². The Morgan fingerprint density at radius 3 is 3.08 bits per heavy atom. The molecule has 2 aromatic rings. The first kappa shape index (κ1) is 17.2. The molecule has 3 rings (SSSR count). The maximum atomic E-state index is 13.0. The third-order valence-electron chi connectivity index (χ3n) is 4.42. The third-order valence-corrected chi connectivity index (χ3v) is 4.64. The number of aromatic nitrogens is 1. The molecule has 2 heterocycles. The van der Waals surface area contributed by atoms with Crippen LogP contribution in [0, 0.1) is 0 Å². The van der Waals surface area contributed by atoms with E-state index in [9.17, 15) is 4.79 Å². The average molecular weight is 347 g/mol. The van der Waals surface area contributed by atoms with Gasteiger partial charge in [0.25, 0.3) is 5.91 Å². The predicted octanol–water partition coefficient (Wildman–Crippen LogP) is 4.31. The van der Waals surface area contributed by atoms with Gasteiger partial charge in [-0.2, -0.15) is 0 Å². The Bertz CT molecular complexity index is 720. The van der Waals surface area contributed by atoms with Gasteiger partial charge >= 0.3 is 0 Å². The summed E-state index contributed by atoms with van der Waals surface area (Å²) in [5.74, 6) is 0.0114. The summed E-state index contributed by atoms with van der Waals surface area (Å²) in [7, 11) is 0. The number of likely N-dealkylation sites (tertiary alicyclic amines) is 1. The molecule has 1 amide bonds. The first-order valence-corrected chi connectivity index (χ1v) is 9.02. The summed E-state index contributed by atoms with van der Waals surface area (Å²) in [5.41, 5.74) is 1.31. The second-order valence-electron chi connectivity index (χ2n) is 6.24. The highest BCUT2D eigenvalue weighted by Gasteiger charge is 2.23. The van der Waals surface area contributed by atoms with Gasteiger partial charge in [-0.3, -0.25) is 9.78 Å². The van der Waals surface area contributed by atoms with Gasteiger partial charge in [0, 0.05) is 36.3 Å². The van der Waals surface area contributed by atoms with Crippen molar-refractivity contribution in [2.75, 3.05) is 19.7 Å². The molecule has 4 nitrogen and oxygen atoms in total. The fraction of sp³-hybridized carbons (Fsp3) is 0.474. The molecule has 1 fully saturated rings. The first-order valence-electron chi connectivity index (χ1n) is 8.64. The first-order chi connectivity index (χ1) is 11.7. The molecule has 1 unspecified atom stereocenters. The second kappa shape index (κ2) is 7.95. The van der Waals surface area contributed by atoms with Gasteiger partial charge in [0.1, 0.15) is 0 Å². The highest BCUT2D eigenvalue weighted by molar-refractivity contribution is 6.32. The molecule has 5 heteroatoms. The Labute approximate surface area is 147 Å². The SMILES string of the molecule is CCCOC1CCCN(C(=O)c2cc(Cl)cc3cccnc23)CC1. The van der Waals surface area contributed by atoms with Gasteiger partial charge in [-0.15, -0.1) is 0 Å². The average Bonchev–Trinajstić information content (AvgIpc) is 2.84. The summed E-state index contributed by atoms with van der Waals surface area (Å²) >= 11 is 6.20. The Morgan fingerprint density at radius 2 is 2.25 bits per heavy atom. The van der Waals surface area contributed by atoms with Gasteiger partial charge in [-0.25, -0.2) is 0 Å². The summed E-state index contributed by atoms with van der Waals surface area (Å²) < 4.78 is 5.86. The van der Waals surface area contributed by atoms with Crippen LogP contribution < -0.4 is 0 Å². The van der Waals surface area contributed by atoms with Crippen molar-refractivity contribution in [3.05, 3.63) is 41.0 Å². The third kappa shape index (κ3) is 3.87. The van der Waals surface area contributed by atoms with Crippen LogP contribution in [-0.2, 0) is 4.74 Å². The van der Waals surface area contributed by atoms with Crippen molar-refractivity contribution in [1.82, 2.24) is 9.88 Å². The molecule has 1 aromatic heterocycles. The molecule has 0 saturated carbocycles. The lowest BCUT2D eigenvalue weighted by Crippen LogP contribution is -2.32. The lowest BCUT2D eigenvalue weighted by Gasteiger charge is -2.21. The number of pyridine rings is 1. The van der Waals surface area contributed by atoms with Gasteiger partial charge in [0.05, 0.1) is 17.2 Å². The predicted molar refractivity (Wildman–Crippen MR) is 96.5 cm³/mol. The van der Waals surface area contributed by atoms with Crippen molar-refractivity contribution in [1.29, 1.82) is 0 Å². The summed E-state index contributed by atoms with van der Waals surface area (Å²) in [6.45, 7) is 4.38. The van der Waals surface area contributed by atoms with Crippen molar-refractivity contribution in [2.24, 2.45) is 0 Å². The van der Waals surface area contributed by atoms with Crippen LogP contribution >= 0.6 is 11.6 Å². The number of fused-ring (bicyclic) bond motifs is 1. The van der Waals surface area contributed by atoms with Crippen LogP contribution in [0.5, 0.6) is 0 Å². The minimum Gasteiger partial charge on any atom is -0.378 e. The number of carbonyl (C=O) groups is 1. The lowest BCUT2D eigenvalue weighted by molar-refractivity contribution is 0.0432. The molecule has 1 aromatic carbocycles. The summed E-state index contributed by atoms with van der Waals surface area (Å²) in [4.78, 5) is 19.3. The van der Waals surface area contributed by atoms with Crippen LogP contribution in [0.2, 0.25) is 5.02 Å². The van der Waals surface area contributed by atoms with Crippen LogP contribution in [0.25, 0.3) is 10.9 Å². The number of carbonyl (C=O) groups excluding carboxylic acids is 1. The summed E-state index contributed by atoms with van der Waals surface area (Å²) in [5, 5.41) is 1.46. The maximum Gasteiger partial charge on any atom is 0.256 e. The Kier molecular flexibility index (Phi) is 5.69. The van der Waals surface area contributed by atoms with E-state index in [1.807, 2.05) is 23.1 Å². The molecule has 24 heavy (non-hydrogen) atoms. The molecule has 0 radical (unpaired) electrons. The highest BCUT2D eigenvalue weighted by atomic mass is 35.5. The molecule has 1 saturated heterocycles. The van der Waals surface area contributed by atoms with Gasteiger partial charge in [-0.1, -0.05) is 24.6 Å². The van der Waals surface area contributed by atoms with E-state index in [-0.39, 0.29) is 12.0 Å². The number of nitrogens with zero attached hydrogens (tertiary/aromatic N) is 2. The van der Waals surface area contributed by atoms with Crippen molar-refractivity contribution in [3.8, 4) is 0 Å². The second-order valence-corrected chi connectivity index (χ2v) is 6.68. The van der Waals surface area contributed by atoms with Gasteiger partial charge in [0.15, 0.2) is 0 Å². The fourth-order valence-electron chi connectivity index (χ4n) is 3.21. The molecule has 0 bridgehead atoms. The smallest absolute Gasteiger partial charge is 0.256 e. The minimum absolute atomic E-state index is 0.0114. The Hall–Kier alpha value is -1.65. The molecule has 0 N–H and O–H groups in total. The molecule has 128 valence electrons. The molecule has 1 aliphatic heterocycles. The topological polar surface area (TPSA) is 42.4 Å². The van der Waals surface area contributed by atoms with Crippen LogP contribution in [0.4, 0.5) is 0 Å². The quantitative estimate of drug-likeness (QED) is 0.828. The van der Waals surface area contributed by atoms with E-state index >= 15 is 0 Å². The zero-order valence-corrected chi connectivity index (χ0v) is 14.8.